The molecule has 0 aliphatic carbocycles. The Morgan fingerprint density at radius 1 is 0.842 bits per heavy atom. The van der Waals surface area contributed by atoms with E-state index in [1.165, 1.54) is 4.31 Å². The first-order valence-electron chi connectivity index (χ1n) is 11.9. The standard InChI is InChI=1S/C30H29N3O4S/c1-22-13-19-27(20-14-22)38(35,36)33(21-24-9-5-4-6-10-24)29-12-8-7-11-28(29)30(34)32-31-23(2)25-15-17-26(37-3)18-16-25/h4-20,31H,2,21H2,1,3H3,(H,32,34). The normalized spacial score (nSPS) is 10.9. The van der Waals surface area contributed by atoms with Gasteiger partial charge in [-0.15, -0.1) is 0 Å². The lowest BCUT2D eigenvalue weighted by atomic mass is 10.1. The molecule has 4 aromatic carbocycles. The van der Waals surface area contributed by atoms with Crippen molar-refractivity contribution in [3.8, 4) is 5.75 Å². The molecule has 0 unspecified atom stereocenters. The van der Waals surface area contributed by atoms with Crippen LogP contribution in [0.2, 0.25) is 0 Å². The number of aryl methyl sites for hydroxylation is 1. The Hall–Kier alpha value is -4.56. The van der Waals surface area contributed by atoms with Crippen LogP contribution in [0.25, 0.3) is 5.70 Å². The average Bonchev–Trinajstić information content (AvgIpc) is 2.95. The molecule has 0 saturated heterocycles. The molecular weight excluding hydrogens is 498 g/mol. The predicted molar refractivity (Wildman–Crippen MR) is 150 cm³/mol. The summed E-state index contributed by atoms with van der Waals surface area (Å²) in [5.74, 6) is 0.195. The van der Waals surface area contributed by atoms with Crippen molar-refractivity contribution in [2.75, 3.05) is 11.4 Å². The highest BCUT2D eigenvalue weighted by Gasteiger charge is 2.28. The molecule has 0 spiro atoms. The van der Waals surface area contributed by atoms with Crippen molar-refractivity contribution in [1.82, 2.24) is 10.9 Å². The number of methoxy groups -OCH3 is 1. The number of anilines is 1. The van der Waals surface area contributed by atoms with Crippen LogP contribution in [0, 0.1) is 6.92 Å². The molecule has 0 heterocycles. The summed E-state index contributed by atoms with van der Waals surface area (Å²) < 4.78 is 34.2. The second-order valence-electron chi connectivity index (χ2n) is 8.61. The zero-order chi connectivity index (χ0) is 27.1. The maximum Gasteiger partial charge on any atom is 0.271 e. The number of amides is 1. The number of hydrogen-bond donors (Lipinski definition) is 2. The van der Waals surface area contributed by atoms with Crippen LogP contribution < -0.4 is 19.9 Å². The number of benzene rings is 4. The molecule has 7 nitrogen and oxygen atoms in total. The Kier molecular flexibility index (Phi) is 8.13. The number of nitrogens with zero attached hydrogens (tertiary/aromatic N) is 1. The van der Waals surface area contributed by atoms with Crippen molar-refractivity contribution in [3.05, 3.63) is 132 Å². The molecule has 4 rings (SSSR count). The number of carbonyl (C=O) groups excluding carboxylic acids is 1. The number of ether oxygens (including phenoxy) is 1. The van der Waals surface area contributed by atoms with Gasteiger partial charge in [0.1, 0.15) is 5.75 Å². The van der Waals surface area contributed by atoms with Gasteiger partial charge in [-0.2, -0.15) is 0 Å². The van der Waals surface area contributed by atoms with Crippen LogP contribution in [-0.2, 0) is 16.6 Å². The van der Waals surface area contributed by atoms with Gasteiger partial charge < -0.3 is 4.74 Å². The fourth-order valence-corrected chi connectivity index (χ4v) is 5.31. The van der Waals surface area contributed by atoms with Crippen molar-refractivity contribution in [3.63, 3.8) is 0 Å². The molecule has 0 bridgehead atoms. The van der Waals surface area contributed by atoms with Crippen LogP contribution in [0.15, 0.2) is 115 Å². The highest BCUT2D eigenvalue weighted by Crippen LogP contribution is 2.29. The Bertz CT molecular complexity index is 1520. The van der Waals surface area contributed by atoms with Gasteiger partial charge in [0.25, 0.3) is 15.9 Å². The molecule has 0 fully saturated rings. The van der Waals surface area contributed by atoms with Gasteiger partial charge in [0.05, 0.1) is 35.5 Å². The molecule has 8 heteroatoms. The third kappa shape index (κ3) is 6.04. The van der Waals surface area contributed by atoms with Gasteiger partial charge >= 0.3 is 0 Å². The summed E-state index contributed by atoms with van der Waals surface area (Å²) in [4.78, 5) is 13.4. The zero-order valence-electron chi connectivity index (χ0n) is 21.2. The Balaban J connectivity index is 1.65. The van der Waals surface area contributed by atoms with Crippen molar-refractivity contribution < 1.29 is 17.9 Å². The van der Waals surface area contributed by atoms with E-state index in [2.05, 4.69) is 17.4 Å². The molecule has 0 saturated carbocycles. The average molecular weight is 528 g/mol. The summed E-state index contributed by atoms with van der Waals surface area (Å²) in [6.07, 6.45) is 0. The molecule has 2 N–H and O–H groups in total. The summed E-state index contributed by atoms with van der Waals surface area (Å²) in [5, 5.41) is 0. The minimum Gasteiger partial charge on any atom is -0.497 e. The Morgan fingerprint density at radius 3 is 2.13 bits per heavy atom. The Morgan fingerprint density at radius 2 is 1.47 bits per heavy atom. The van der Waals surface area contributed by atoms with E-state index < -0.39 is 15.9 Å². The first-order chi connectivity index (χ1) is 18.3. The van der Waals surface area contributed by atoms with Gasteiger partial charge in [0, 0.05) is 0 Å². The number of carbonyl (C=O) groups is 1. The maximum absolute atomic E-state index is 13.9. The zero-order valence-corrected chi connectivity index (χ0v) is 22.0. The maximum atomic E-state index is 13.9. The third-order valence-electron chi connectivity index (χ3n) is 5.96. The smallest absolute Gasteiger partial charge is 0.271 e. The van der Waals surface area contributed by atoms with Gasteiger partial charge in [0.2, 0.25) is 0 Å². The number of sulfonamides is 1. The van der Waals surface area contributed by atoms with Gasteiger partial charge in [-0.1, -0.05) is 66.7 Å². The number of para-hydroxylation sites is 1. The van der Waals surface area contributed by atoms with Crippen LogP contribution in [-0.4, -0.2) is 21.4 Å². The van der Waals surface area contributed by atoms with Crippen LogP contribution in [0.4, 0.5) is 5.69 Å². The first kappa shape index (κ1) is 26.5. The Labute approximate surface area is 223 Å². The van der Waals surface area contributed by atoms with E-state index in [4.69, 9.17) is 4.74 Å². The van der Waals surface area contributed by atoms with E-state index in [-0.39, 0.29) is 22.7 Å². The van der Waals surface area contributed by atoms with Crippen LogP contribution >= 0.6 is 0 Å². The molecule has 0 radical (unpaired) electrons. The molecular formula is C30H29N3O4S. The molecule has 0 aliphatic heterocycles. The molecule has 0 aliphatic rings. The van der Waals surface area contributed by atoms with Gasteiger partial charge in [-0.05, 0) is 66.6 Å². The van der Waals surface area contributed by atoms with E-state index in [1.54, 1.807) is 67.8 Å². The highest BCUT2D eigenvalue weighted by atomic mass is 32.2. The minimum atomic E-state index is -4.00. The summed E-state index contributed by atoms with van der Waals surface area (Å²) >= 11 is 0. The second kappa shape index (κ2) is 11.7. The van der Waals surface area contributed by atoms with Crippen molar-refractivity contribution in [2.24, 2.45) is 0 Å². The number of hydrogen-bond acceptors (Lipinski definition) is 5. The van der Waals surface area contributed by atoms with Crippen LogP contribution in [0.1, 0.15) is 27.0 Å². The minimum absolute atomic E-state index is 0.0489. The van der Waals surface area contributed by atoms with Crippen molar-refractivity contribution in [2.45, 2.75) is 18.4 Å². The van der Waals surface area contributed by atoms with Crippen molar-refractivity contribution in [1.29, 1.82) is 0 Å². The molecule has 1 amide bonds. The van der Waals surface area contributed by atoms with E-state index >= 15 is 0 Å². The van der Waals surface area contributed by atoms with E-state index in [9.17, 15) is 13.2 Å². The fourth-order valence-electron chi connectivity index (χ4n) is 3.83. The lowest BCUT2D eigenvalue weighted by Gasteiger charge is -2.27. The first-order valence-corrected chi connectivity index (χ1v) is 13.4. The monoisotopic (exact) mass is 527 g/mol. The molecule has 194 valence electrons. The fraction of sp³-hybridized carbons (Fsp3) is 0.100. The second-order valence-corrected chi connectivity index (χ2v) is 10.5. The largest absolute Gasteiger partial charge is 0.497 e. The number of rotatable bonds is 10. The summed E-state index contributed by atoms with van der Waals surface area (Å²) in [6.45, 7) is 5.91. The third-order valence-corrected chi connectivity index (χ3v) is 7.73. The quantitative estimate of drug-likeness (QED) is 0.273. The predicted octanol–water partition coefficient (Wildman–Crippen LogP) is 5.30. The SMILES string of the molecule is C=C(NNC(=O)c1ccccc1N(Cc1ccccc1)S(=O)(=O)c1ccc(C)cc1)c1ccc(OC)cc1. The molecule has 0 atom stereocenters. The summed E-state index contributed by atoms with van der Waals surface area (Å²) in [5.41, 5.74) is 8.86. The van der Waals surface area contributed by atoms with Gasteiger partial charge in [0.15, 0.2) is 0 Å². The molecule has 38 heavy (non-hydrogen) atoms. The topological polar surface area (TPSA) is 87.7 Å². The number of hydrazine groups is 1. The van der Waals surface area contributed by atoms with Crippen LogP contribution in [0.5, 0.6) is 5.75 Å². The summed E-state index contributed by atoms with van der Waals surface area (Å²) in [6, 6.07) is 29.7. The lowest BCUT2D eigenvalue weighted by Crippen LogP contribution is -2.38. The van der Waals surface area contributed by atoms with Crippen molar-refractivity contribution >= 4 is 27.3 Å². The highest BCUT2D eigenvalue weighted by molar-refractivity contribution is 7.92. The van der Waals surface area contributed by atoms with Gasteiger partial charge in [-0.3, -0.25) is 20.0 Å². The molecule has 0 aromatic heterocycles. The van der Waals surface area contributed by atoms with Crippen LogP contribution in [0.3, 0.4) is 0 Å². The van der Waals surface area contributed by atoms with E-state index in [0.29, 0.717) is 11.4 Å². The van der Waals surface area contributed by atoms with E-state index in [1.807, 2.05) is 49.4 Å². The van der Waals surface area contributed by atoms with Gasteiger partial charge in [-0.25, -0.2) is 8.42 Å². The molecule has 4 aromatic rings. The summed E-state index contributed by atoms with van der Waals surface area (Å²) in [7, 11) is -2.42. The van der Waals surface area contributed by atoms with E-state index in [0.717, 1.165) is 16.7 Å². The number of nitrogens with one attached hydrogen (secondary N) is 2. The lowest BCUT2D eigenvalue weighted by molar-refractivity contribution is 0.0943.